The lowest BCUT2D eigenvalue weighted by Gasteiger charge is -2.20. The molecule has 5 nitrogen and oxygen atoms in total. The maximum absolute atomic E-state index is 13.3. The lowest BCUT2D eigenvalue weighted by molar-refractivity contribution is -0.143. The molecule has 2 aromatic rings. The van der Waals surface area contributed by atoms with Crippen LogP contribution in [0, 0.1) is 5.82 Å². The highest BCUT2D eigenvalue weighted by Gasteiger charge is 2.34. The zero-order chi connectivity index (χ0) is 23.7. The number of hydrogen-bond acceptors (Lipinski definition) is 4. The lowest BCUT2D eigenvalue weighted by Crippen LogP contribution is -2.28. The van der Waals surface area contributed by atoms with Crippen LogP contribution in [0.3, 0.4) is 0 Å². The normalized spacial score (nSPS) is 14.9. The van der Waals surface area contributed by atoms with E-state index in [2.05, 4.69) is 17.0 Å². The maximum Gasteiger partial charge on any atom is 0.419 e. The van der Waals surface area contributed by atoms with Crippen LogP contribution >= 0.6 is 0 Å². The second kappa shape index (κ2) is 11.7. The van der Waals surface area contributed by atoms with Crippen LogP contribution in [0.1, 0.15) is 49.8 Å². The monoisotopic (exact) mass is 457 g/mol. The summed E-state index contributed by atoms with van der Waals surface area (Å²) in [6.45, 7) is 1.32. The molecule has 0 aliphatic heterocycles. The first-order chi connectivity index (χ1) is 15.1. The molecule has 2 N–H and O–H groups in total. The average molecular weight is 457 g/mol. The molecule has 1 aliphatic rings. The number of ether oxygens (including phenoxy) is 2. The highest BCUT2D eigenvalue weighted by Crippen LogP contribution is 2.35. The Morgan fingerprint density at radius 3 is 2.41 bits per heavy atom. The molecule has 0 saturated heterocycles. The van der Waals surface area contributed by atoms with Crippen molar-refractivity contribution >= 4 is 5.97 Å². The molecule has 1 saturated carbocycles. The summed E-state index contributed by atoms with van der Waals surface area (Å²) >= 11 is 0. The molecular formula is C23H27F4NO4. The molecule has 1 atom stereocenters. The molecule has 0 heterocycles. The van der Waals surface area contributed by atoms with Crippen LogP contribution in [0.25, 0.3) is 0 Å². The van der Waals surface area contributed by atoms with Gasteiger partial charge in [0.2, 0.25) is 0 Å². The van der Waals surface area contributed by atoms with Crippen LogP contribution in [0.15, 0.2) is 42.5 Å². The van der Waals surface area contributed by atoms with Gasteiger partial charge in [-0.3, -0.25) is 0 Å². The van der Waals surface area contributed by atoms with Crippen molar-refractivity contribution in [1.82, 2.24) is 5.32 Å². The fourth-order valence-corrected chi connectivity index (χ4v) is 3.45. The van der Waals surface area contributed by atoms with E-state index in [-0.39, 0.29) is 11.9 Å². The van der Waals surface area contributed by atoms with Gasteiger partial charge in [-0.05, 0) is 49.6 Å². The van der Waals surface area contributed by atoms with Crippen LogP contribution in [0.4, 0.5) is 17.6 Å². The molecule has 32 heavy (non-hydrogen) atoms. The van der Waals surface area contributed by atoms with Gasteiger partial charge in [-0.2, -0.15) is 13.2 Å². The third-order valence-electron chi connectivity index (χ3n) is 5.06. The van der Waals surface area contributed by atoms with E-state index in [0.717, 1.165) is 17.7 Å². The lowest BCUT2D eigenvalue weighted by atomic mass is 10.1. The first-order valence-electron chi connectivity index (χ1n) is 10.2. The number of carbonyl (C=O) groups is 1. The van der Waals surface area contributed by atoms with Crippen LogP contribution in [-0.2, 0) is 11.0 Å². The first kappa shape index (κ1) is 25.5. The van der Waals surface area contributed by atoms with Crippen molar-refractivity contribution in [2.45, 2.75) is 50.9 Å². The van der Waals surface area contributed by atoms with Crippen LogP contribution in [0.2, 0.25) is 0 Å². The molecule has 3 rings (SSSR count). The summed E-state index contributed by atoms with van der Waals surface area (Å²) in [6.07, 6.45) is 0.592. The molecule has 176 valence electrons. The van der Waals surface area contributed by atoms with Crippen molar-refractivity contribution in [3.63, 3.8) is 0 Å². The largest absolute Gasteiger partial charge is 0.494 e. The number of nitrogens with one attached hydrogen (secondary N) is 1. The third-order valence-corrected chi connectivity index (χ3v) is 5.06. The quantitative estimate of drug-likeness (QED) is 0.530. The summed E-state index contributed by atoms with van der Waals surface area (Å²) in [7, 11) is 1.50. The molecule has 1 aliphatic carbocycles. The smallest absolute Gasteiger partial charge is 0.419 e. The van der Waals surface area contributed by atoms with E-state index in [1.807, 2.05) is 6.07 Å². The number of carboxylic acid groups (broad SMARTS) is 1. The van der Waals surface area contributed by atoms with E-state index in [4.69, 9.17) is 9.84 Å². The van der Waals surface area contributed by atoms with Gasteiger partial charge in [-0.15, -0.1) is 0 Å². The summed E-state index contributed by atoms with van der Waals surface area (Å²) in [6, 6.07) is 10.4. The Morgan fingerprint density at radius 2 is 1.81 bits per heavy atom. The van der Waals surface area contributed by atoms with E-state index in [1.54, 1.807) is 6.07 Å². The zero-order valence-corrected chi connectivity index (χ0v) is 17.9. The fraction of sp³-hybridized carbons (Fsp3) is 0.435. The van der Waals surface area contributed by atoms with Gasteiger partial charge in [-0.25, -0.2) is 9.18 Å². The van der Waals surface area contributed by atoms with Gasteiger partial charge in [-0.1, -0.05) is 31.0 Å². The molecule has 9 heteroatoms. The Labute approximate surface area is 184 Å². The molecule has 1 fully saturated rings. The summed E-state index contributed by atoms with van der Waals surface area (Å²) in [5.74, 6) is -1.79. The maximum atomic E-state index is 13.3. The predicted octanol–water partition coefficient (Wildman–Crippen LogP) is 5.60. The number of alkyl halides is 3. The number of rotatable bonds is 7. The standard InChI is InChI=1S/C14H20FNO.C9H7F3O3/c1-10(16-12-5-3-4-6-12)11-7-8-13(15)14(9-11)17-2;10-9(11,12)6-3-1-2-4-7(6)15-5-8(13)14/h7-10,12,16H,3-6H2,1-2H3;1-4H,5H2,(H,13,14). The van der Waals surface area contributed by atoms with Gasteiger partial charge in [0.05, 0.1) is 12.7 Å². The molecule has 0 bridgehead atoms. The van der Waals surface area contributed by atoms with Crippen molar-refractivity contribution in [3.05, 3.63) is 59.4 Å². The molecule has 2 aromatic carbocycles. The molecule has 0 radical (unpaired) electrons. The first-order valence-corrected chi connectivity index (χ1v) is 10.2. The molecule has 1 unspecified atom stereocenters. The molecular weight excluding hydrogens is 430 g/mol. The number of aliphatic carboxylic acids is 1. The van der Waals surface area contributed by atoms with Crippen LogP contribution in [0.5, 0.6) is 11.5 Å². The van der Waals surface area contributed by atoms with Crippen LogP contribution in [-0.4, -0.2) is 30.8 Å². The molecule has 0 spiro atoms. The van der Waals surface area contributed by atoms with E-state index in [0.29, 0.717) is 11.8 Å². The number of benzene rings is 2. The van der Waals surface area contributed by atoms with Crippen molar-refractivity contribution < 1.29 is 36.9 Å². The minimum Gasteiger partial charge on any atom is -0.494 e. The van der Waals surface area contributed by atoms with E-state index < -0.39 is 30.1 Å². The number of halogens is 4. The Balaban J connectivity index is 0.000000229. The van der Waals surface area contributed by atoms with Crippen molar-refractivity contribution in [1.29, 1.82) is 0 Å². The predicted molar refractivity (Wildman–Crippen MR) is 111 cm³/mol. The summed E-state index contributed by atoms with van der Waals surface area (Å²) < 4.78 is 59.8. The summed E-state index contributed by atoms with van der Waals surface area (Å²) in [5, 5.41) is 11.9. The van der Waals surface area contributed by atoms with Gasteiger partial charge >= 0.3 is 12.1 Å². The van der Waals surface area contributed by atoms with Gasteiger partial charge in [0.1, 0.15) is 5.75 Å². The number of para-hydroxylation sites is 1. The summed E-state index contributed by atoms with van der Waals surface area (Å²) in [4.78, 5) is 10.1. The second-order valence-corrected chi connectivity index (χ2v) is 7.44. The van der Waals surface area contributed by atoms with E-state index >= 15 is 0 Å². The fourth-order valence-electron chi connectivity index (χ4n) is 3.45. The van der Waals surface area contributed by atoms with Gasteiger partial charge in [0.25, 0.3) is 0 Å². The summed E-state index contributed by atoms with van der Waals surface area (Å²) in [5.41, 5.74) is 0.0985. The van der Waals surface area contributed by atoms with Crippen molar-refractivity contribution in [3.8, 4) is 11.5 Å². The average Bonchev–Trinajstić information content (AvgIpc) is 3.25. The minimum absolute atomic E-state index is 0.243. The van der Waals surface area contributed by atoms with Crippen LogP contribution < -0.4 is 14.8 Å². The van der Waals surface area contributed by atoms with E-state index in [1.165, 1.54) is 51.0 Å². The SMILES string of the molecule is COc1cc(C(C)NC2CCCC2)ccc1F.O=C(O)COc1ccccc1C(F)(F)F. The Morgan fingerprint density at radius 1 is 1.16 bits per heavy atom. The third kappa shape index (κ3) is 7.71. The van der Waals surface area contributed by atoms with Gasteiger partial charge < -0.3 is 19.9 Å². The highest BCUT2D eigenvalue weighted by molar-refractivity contribution is 5.68. The van der Waals surface area contributed by atoms with Crippen molar-refractivity contribution in [2.75, 3.05) is 13.7 Å². The Kier molecular flexibility index (Phi) is 9.31. The Bertz CT molecular complexity index is 883. The minimum atomic E-state index is -4.55. The van der Waals surface area contributed by atoms with E-state index in [9.17, 15) is 22.4 Å². The number of carboxylic acids is 1. The topological polar surface area (TPSA) is 67.8 Å². The number of methoxy groups -OCH3 is 1. The Hall–Kier alpha value is -2.81. The van der Waals surface area contributed by atoms with Gasteiger partial charge in [0.15, 0.2) is 18.2 Å². The number of hydrogen-bond donors (Lipinski definition) is 2. The van der Waals surface area contributed by atoms with Gasteiger partial charge in [0, 0.05) is 12.1 Å². The molecule has 0 amide bonds. The zero-order valence-electron chi connectivity index (χ0n) is 17.9. The highest BCUT2D eigenvalue weighted by atomic mass is 19.4. The second-order valence-electron chi connectivity index (χ2n) is 7.44. The molecule has 0 aromatic heterocycles. The van der Waals surface area contributed by atoms with Crippen molar-refractivity contribution in [2.24, 2.45) is 0 Å².